The van der Waals surface area contributed by atoms with Gasteiger partial charge in [-0.1, -0.05) is 6.07 Å². The molecule has 0 amide bonds. The fraction of sp³-hybridized carbons (Fsp3) is 0.143. The Labute approximate surface area is 109 Å². The van der Waals surface area contributed by atoms with Crippen LogP contribution in [0, 0.1) is 23.0 Å². The van der Waals surface area contributed by atoms with Gasteiger partial charge in [0.15, 0.2) is 0 Å². The zero-order valence-corrected chi connectivity index (χ0v) is 10.2. The number of benzene rings is 1. The van der Waals surface area contributed by atoms with Gasteiger partial charge in [-0.3, -0.25) is 0 Å². The maximum absolute atomic E-state index is 13.6. The van der Waals surface area contributed by atoms with Gasteiger partial charge in [-0.15, -0.1) is 0 Å². The zero-order valence-electron chi connectivity index (χ0n) is 10.2. The topological polar surface area (TPSA) is 48.7 Å². The van der Waals surface area contributed by atoms with E-state index in [2.05, 4.69) is 10.3 Å². The minimum atomic E-state index is -0.630. The van der Waals surface area contributed by atoms with Crippen molar-refractivity contribution in [2.75, 3.05) is 5.32 Å². The van der Waals surface area contributed by atoms with Gasteiger partial charge in [-0.05, 0) is 25.1 Å². The predicted octanol–water partition coefficient (Wildman–Crippen LogP) is 3.40. The lowest BCUT2D eigenvalue weighted by Crippen LogP contribution is -2.11. The van der Waals surface area contributed by atoms with Crippen LogP contribution in [0.3, 0.4) is 0 Å². The summed E-state index contributed by atoms with van der Waals surface area (Å²) in [6.45, 7) is 1.71. The van der Waals surface area contributed by atoms with E-state index in [1.807, 2.05) is 6.07 Å². The molecule has 1 aromatic heterocycles. The minimum absolute atomic E-state index is 0.316. The van der Waals surface area contributed by atoms with Crippen LogP contribution in [0.15, 0.2) is 36.5 Å². The average molecular weight is 259 g/mol. The van der Waals surface area contributed by atoms with Crippen molar-refractivity contribution in [1.29, 1.82) is 5.26 Å². The fourth-order valence-corrected chi connectivity index (χ4v) is 1.75. The summed E-state index contributed by atoms with van der Waals surface area (Å²) in [7, 11) is 0. The molecule has 1 heterocycles. The lowest BCUT2D eigenvalue weighted by Gasteiger charge is -2.16. The van der Waals surface area contributed by atoms with Crippen LogP contribution < -0.4 is 5.32 Å². The molecule has 3 nitrogen and oxygen atoms in total. The summed E-state index contributed by atoms with van der Waals surface area (Å²) in [4.78, 5) is 4.03. The summed E-state index contributed by atoms with van der Waals surface area (Å²) >= 11 is 0. The van der Waals surface area contributed by atoms with E-state index >= 15 is 0 Å². The molecule has 0 aliphatic heterocycles. The van der Waals surface area contributed by atoms with Gasteiger partial charge >= 0.3 is 0 Å². The Morgan fingerprint density at radius 1 is 1.32 bits per heavy atom. The molecule has 0 saturated carbocycles. The SMILES string of the molecule is CC(Nc1ncccc1C#N)c1ccc(F)cc1F. The molecule has 0 aliphatic carbocycles. The van der Waals surface area contributed by atoms with Gasteiger partial charge < -0.3 is 5.32 Å². The van der Waals surface area contributed by atoms with Gasteiger partial charge in [0.1, 0.15) is 23.5 Å². The van der Waals surface area contributed by atoms with Crippen LogP contribution in [-0.2, 0) is 0 Å². The van der Waals surface area contributed by atoms with Gasteiger partial charge in [0, 0.05) is 17.8 Å². The quantitative estimate of drug-likeness (QED) is 0.918. The van der Waals surface area contributed by atoms with Gasteiger partial charge in [-0.25, -0.2) is 13.8 Å². The zero-order chi connectivity index (χ0) is 13.8. The highest BCUT2D eigenvalue weighted by Gasteiger charge is 2.13. The van der Waals surface area contributed by atoms with Crippen molar-refractivity contribution in [2.24, 2.45) is 0 Å². The lowest BCUT2D eigenvalue weighted by molar-refractivity contribution is 0.566. The van der Waals surface area contributed by atoms with E-state index in [-0.39, 0.29) is 0 Å². The number of hydrogen-bond acceptors (Lipinski definition) is 3. The first-order valence-corrected chi connectivity index (χ1v) is 5.68. The van der Waals surface area contributed by atoms with Gasteiger partial charge in [0.2, 0.25) is 0 Å². The second-order valence-corrected chi connectivity index (χ2v) is 4.04. The van der Waals surface area contributed by atoms with Crippen molar-refractivity contribution in [2.45, 2.75) is 13.0 Å². The summed E-state index contributed by atoms with van der Waals surface area (Å²) in [5.41, 5.74) is 0.688. The van der Waals surface area contributed by atoms with E-state index in [9.17, 15) is 8.78 Å². The molecule has 0 spiro atoms. The van der Waals surface area contributed by atoms with Crippen molar-refractivity contribution in [3.8, 4) is 6.07 Å². The molecule has 0 saturated heterocycles. The Morgan fingerprint density at radius 3 is 2.79 bits per heavy atom. The second kappa shape index (κ2) is 5.44. The van der Waals surface area contributed by atoms with E-state index in [1.54, 1.807) is 19.1 Å². The molecular formula is C14H11F2N3. The van der Waals surface area contributed by atoms with Gasteiger partial charge in [0.25, 0.3) is 0 Å². The van der Waals surface area contributed by atoms with E-state index < -0.39 is 17.7 Å². The summed E-state index contributed by atoms with van der Waals surface area (Å²) in [5.74, 6) is -0.875. The standard InChI is InChI=1S/C14H11F2N3/c1-9(12-5-4-11(15)7-13(12)16)19-14-10(8-17)3-2-6-18-14/h2-7,9H,1H3,(H,18,19). The van der Waals surface area contributed by atoms with Crippen LogP contribution in [0.4, 0.5) is 14.6 Å². The van der Waals surface area contributed by atoms with Crippen LogP contribution >= 0.6 is 0 Å². The Balaban J connectivity index is 2.26. The smallest absolute Gasteiger partial charge is 0.144 e. The lowest BCUT2D eigenvalue weighted by atomic mass is 10.1. The molecule has 0 bridgehead atoms. The van der Waals surface area contributed by atoms with E-state index in [1.165, 1.54) is 18.3 Å². The largest absolute Gasteiger partial charge is 0.362 e. The molecule has 0 fully saturated rings. The average Bonchev–Trinajstić information content (AvgIpc) is 2.39. The highest BCUT2D eigenvalue weighted by molar-refractivity contribution is 5.52. The number of hydrogen-bond donors (Lipinski definition) is 1. The van der Waals surface area contributed by atoms with Crippen LogP contribution in [0.2, 0.25) is 0 Å². The fourth-order valence-electron chi connectivity index (χ4n) is 1.75. The first-order valence-electron chi connectivity index (χ1n) is 5.68. The van der Waals surface area contributed by atoms with Crippen LogP contribution in [-0.4, -0.2) is 4.98 Å². The van der Waals surface area contributed by atoms with Crippen molar-refractivity contribution in [3.05, 3.63) is 59.3 Å². The van der Waals surface area contributed by atoms with E-state index in [0.29, 0.717) is 16.9 Å². The molecule has 5 heteroatoms. The summed E-state index contributed by atoms with van der Waals surface area (Å²) in [5, 5.41) is 11.9. The maximum atomic E-state index is 13.6. The molecule has 1 atom stereocenters. The van der Waals surface area contributed by atoms with Crippen molar-refractivity contribution >= 4 is 5.82 Å². The maximum Gasteiger partial charge on any atom is 0.144 e. The number of nitrogens with zero attached hydrogens (tertiary/aromatic N) is 2. The Hall–Kier alpha value is -2.48. The molecule has 0 aliphatic rings. The van der Waals surface area contributed by atoms with E-state index in [0.717, 1.165) is 6.07 Å². The third-order valence-corrected chi connectivity index (χ3v) is 2.71. The summed E-state index contributed by atoms with van der Waals surface area (Å²) in [6.07, 6.45) is 1.54. The number of anilines is 1. The first kappa shape index (κ1) is 13.0. The monoisotopic (exact) mass is 259 g/mol. The highest BCUT2D eigenvalue weighted by Crippen LogP contribution is 2.22. The normalized spacial score (nSPS) is 11.7. The second-order valence-electron chi connectivity index (χ2n) is 4.04. The van der Waals surface area contributed by atoms with Gasteiger partial charge in [-0.2, -0.15) is 5.26 Å². The van der Waals surface area contributed by atoms with Crippen LogP contribution in [0.5, 0.6) is 0 Å². The summed E-state index contributed by atoms with van der Waals surface area (Å²) in [6, 6.07) is 8.23. The minimum Gasteiger partial charge on any atom is -0.362 e. The number of pyridine rings is 1. The van der Waals surface area contributed by atoms with Crippen molar-refractivity contribution in [1.82, 2.24) is 4.98 Å². The molecule has 0 radical (unpaired) electrons. The molecule has 2 aromatic rings. The van der Waals surface area contributed by atoms with Crippen molar-refractivity contribution < 1.29 is 8.78 Å². The number of nitriles is 1. The molecule has 1 unspecified atom stereocenters. The van der Waals surface area contributed by atoms with Crippen LogP contribution in [0.1, 0.15) is 24.1 Å². The predicted molar refractivity (Wildman–Crippen MR) is 67.3 cm³/mol. The number of halogens is 2. The number of rotatable bonds is 3. The Kier molecular flexibility index (Phi) is 3.71. The van der Waals surface area contributed by atoms with Crippen molar-refractivity contribution in [3.63, 3.8) is 0 Å². The first-order chi connectivity index (χ1) is 9.11. The Morgan fingerprint density at radius 2 is 2.11 bits per heavy atom. The molecule has 1 aromatic carbocycles. The third kappa shape index (κ3) is 2.86. The third-order valence-electron chi connectivity index (χ3n) is 2.71. The molecule has 2 rings (SSSR count). The van der Waals surface area contributed by atoms with Gasteiger partial charge in [0.05, 0.1) is 11.6 Å². The molecule has 96 valence electrons. The van der Waals surface area contributed by atoms with Crippen LogP contribution in [0.25, 0.3) is 0 Å². The molecule has 1 N–H and O–H groups in total. The number of nitrogens with one attached hydrogen (secondary N) is 1. The summed E-state index contributed by atoms with van der Waals surface area (Å²) < 4.78 is 26.5. The molecular weight excluding hydrogens is 248 g/mol. The molecule has 19 heavy (non-hydrogen) atoms. The highest BCUT2D eigenvalue weighted by atomic mass is 19.1. The number of aromatic nitrogens is 1. The van der Waals surface area contributed by atoms with E-state index in [4.69, 9.17) is 5.26 Å². The Bertz CT molecular complexity index is 635.